The summed E-state index contributed by atoms with van der Waals surface area (Å²) < 4.78 is 27.9. The number of benzene rings is 2. The van der Waals surface area contributed by atoms with Crippen molar-refractivity contribution in [1.82, 2.24) is 19.5 Å². The Morgan fingerprint density at radius 1 is 1.19 bits per heavy atom. The van der Waals surface area contributed by atoms with Crippen molar-refractivity contribution >= 4 is 23.0 Å². The Balaban J connectivity index is 1.78. The Bertz CT molecular complexity index is 1500. The van der Waals surface area contributed by atoms with Gasteiger partial charge in [0.05, 0.1) is 36.3 Å². The molecule has 4 rings (SSSR count). The Morgan fingerprint density at radius 2 is 2.00 bits per heavy atom. The number of anilines is 1. The van der Waals surface area contributed by atoms with E-state index < -0.39 is 17.3 Å². The number of hydrogen-bond acceptors (Lipinski definition) is 8. The predicted molar refractivity (Wildman–Crippen MR) is 139 cm³/mol. The number of pyridine rings is 1. The molecule has 188 valence electrons. The van der Waals surface area contributed by atoms with Crippen molar-refractivity contribution in [1.29, 1.82) is 5.26 Å². The quantitative estimate of drug-likeness (QED) is 0.336. The van der Waals surface area contributed by atoms with Gasteiger partial charge >= 0.3 is 0 Å². The van der Waals surface area contributed by atoms with Crippen LogP contribution >= 0.6 is 0 Å². The molecule has 37 heavy (non-hydrogen) atoms. The lowest BCUT2D eigenvalue weighted by molar-refractivity contribution is 0.102. The molecule has 11 heteroatoms. The Morgan fingerprint density at radius 3 is 2.68 bits per heavy atom. The second-order valence-corrected chi connectivity index (χ2v) is 9.33. The zero-order valence-electron chi connectivity index (χ0n) is 20.6. The molecule has 0 fully saturated rings. The topological polar surface area (TPSA) is 137 Å². The van der Waals surface area contributed by atoms with Gasteiger partial charge in [-0.1, -0.05) is 6.07 Å². The van der Waals surface area contributed by atoms with E-state index in [1.54, 1.807) is 80.6 Å². The molecule has 1 atom stereocenters. The molecule has 0 spiro atoms. The molecule has 4 aromatic rings. The maximum atomic E-state index is 13.6. The van der Waals surface area contributed by atoms with Crippen molar-refractivity contribution in [2.24, 2.45) is 7.05 Å². The van der Waals surface area contributed by atoms with Crippen LogP contribution in [0.3, 0.4) is 0 Å². The number of amides is 1. The fraction of sp³-hybridized carbons (Fsp3) is 0.154. The van der Waals surface area contributed by atoms with Crippen molar-refractivity contribution in [3.8, 4) is 34.6 Å². The number of nitrogens with one attached hydrogen (secondary N) is 2. The summed E-state index contributed by atoms with van der Waals surface area (Å²) in [4.78, 5) is 18.6. The summed E-state index contributed by atoms with van der Waals surface area (Å²) in [6.45, 7) is 1.80. The molecule has 0 saturated carbocycles. The smallest absolute Gasteiger partial charge is 0.261 e. The van der Waals surface area contributed by atoms with E-state index >= 15 is 0 Å². The van der Waals surface area contributed by atoms with Gasteiger partial charge in [0.15, 0.2) is 16.4 Å². The molecule has 2 aromatic heterocycles. The summed E-state index contributed by atoms with van der Waals surface area (Å²) in [6, 6.07) is 13.5. The number of nitriles is 1. The van der Waals surface area contributed by atoms with E-state index in [-0.39, 0.29) is 11.4 Å². The zero-order valence-corrected chi connectivity index (χ0v) is 21.4. The highest BCUT2D eigenvalue weighted by Crippen LogP contribution is 2.36. The minimum atomic E-state index is -1.41. The standard InChI is InChI=1S/C26H24N6O4S/c1-16-21(18-13-30-32(3)15-18)14-29-26(36-22-9-8-17(12-27)10-23(22)35-4)24(16)25(33)31-19-6-5-7-20(11-19)37(34)28-2/h5-11,13-15,28H,1-4H3,(H,31,33). The van der Waals surface area contributed by atoms with E-state index in [0.717, 1.165) is 5.56 Å². The fourth-order valence-corrected chi connectivity index (χ4v) is 4.37. The maximum absolute atomic E-state index is 13.6. The van der Waals surface area contributed by atoms with Gasteiger partial charge in [-0.25, -0.2) is 4.98 Å². The highest BCUT2D eigenvalue weighted by molar-refractivity contribution is 7.89. The SMILES string of the molecule is CN[S+]([O-])c1cccc(NC(=O)c2c(Oc3ccc(C#N)cc3OC)ncc(-c3cnn(C)c3)c2C)c1. The lowest BCUT2D eigenvalue weighted by atomic mass is 10.0. The molecule has 0 aliphatic heterocycles. The molecule has 0 aliphatic carbocycles. The molecule has 0 saturated heterocycles. The molecule has 2 N–H and O–H groups in total. The van der Waals surface area contributed by atoms with Gasteiger partial charge in [-0.3, -0.25) is 9.48 Å². The van der Waals surface area contributed by atoms with Crippen LogP contribution in [0.2, 0.25) is 0 Å². The lowest BCUT2D eigenvalue weighted by Gasteiger charge is -2.17. The number of nitrogens with zero attached hydrogens (tertiary/aromatic N) is 4. The first-order valence-corrected chi connectivity index (χ1v) is 12.2. The molecular formula is C26H24N6O4S. The Kier molecular flexibility index (Phi) is 7.74. The van der Waals surface area contributed by atoms with E-state index in [2.05, 4.69) is 26.2 Å². The molecule has 1 unspecified atom stereocenters. The van der Waals surface area contributed by atoms with Gasteiger partial charge in [-0.15, -0.1) is 4.72 Å². The average Bonchev–Trinajstić information content (AvgIpc) is 3.34. The van der Waals surface area contributed by atoms with Crippen molar-refractivity contribution in [2.75, 3.05) is 19.5 Å². The van der Waals surface area contributed by atoms with Gasteiger partial charge in [0.1, 0.15) is 5.56 Å². The second-order valence-electron chi connectivity index (χ2n) is 7.91. The first kappa shape index (κ1) is 25.7. The van der Waals surface area contributed by atoms with E-state index in [1.807, 2.05) is 6.20 Å². The number of carbonyl (C=O) groups is 1. The molecule has 0 radical (unpaired) electrons. The van der Waals surface area contributed by atoms with Crippen LogP contribution in [0.15, 0.2) is 66.0 Å². The van der Waals surface area contributed by atoms with Crippen LogP contribution in [0.1, 0.15) is 21.5 Å². The minimum absolute atomic E-state index is 0.0561. The monoisotopic (exact) mass is 516 g/mol. The van der Waals surface area contributed by atoms with Gasteiger partial charge in [0.2, 0.25) is 5.88 Å². The van der Waals surface area contributed by atoms with E-state index in [0.29, 0.717) is 38.8 Å². The second kappa shape index (κ2) is 11.1. The van der Waals surface area contributed by atoms with Crippen LogP contribution in [-0.2, 0) is 18.4 Å². The lowest BCUT2D eigenvalue weighted by Crippen LogP contribution is -2.19. The highest BCUT2D eigenvalue weighted by atomic mass is 32.2. The predicted octanol–water partition coefficient (Wildman–Crippen LogP) is 3.96. The molecule has 2 aromatic carbocycles. The van der Waals surface area contributed by atoms with Crippen LogP contribution in [-0.4, -0.2) is 39.4 Å². The highest BCUT2D eigenvalue weighted by Gasteiger charge is 2.23. The number of methoxy groups -OCH3 is 1. The van der Waals surface area contributed by atoms with Crippen molar-refractivity contribution in [2.45, 2.75) is 11.8 Å². The zero-order chi connectivity index (χ0) is 26.5. The third kappa shape index (κ3) is 5.57. The van der Waals surface area contributed by atoms with Crippen LogP contribution in [0, 0.1) is 18.3 Å². The first-order chi connectivity index (χ1) is 17.8. The summed E-state index contributed by atoms with van der Waals surface area (Å²) in [5, 5.41) is 16.3. The number of aromatic nitrogens is 3. The number of carbonyl (C=O) groups excluding carboxylic acids is 1. The van der Waals surface area contributed by atoms with Gasteiger partial charge in [-0.05, 0) is 36.8 Å². The Hall–Kier alpha value is -4.37. The molecule has 1 amide bonds. The van der Waals surface area contributed by atoms with Gasteiger partial charge < -0.3 is 19.3 Å². The van der Waals surface area contributed by atoms with Gasteiger partial charge in [0.25, 0.3) is 5.91 Å². The van der Waals surface area contributed by atoms with Crippen molar-refractivity contribution in [3.63, 3.8) is 0 Å². The molecule has 10 nitrogen and oxygen atoms in total. The molecule has 2 heterocycles. The number of ether oxygens (including phenoxy) is 2. The van der Waals surface area contributed by atoms with Gasteiger partial charge in [-0.2, -0.15) is 10.4 Å². The van der Waals surface area contributed by atoms with Crippen LogP contribution in [0.25, 0.3) is 11.1 Å². The molecule has 0 bridgehead atoms. The summed E-state index contributed by atoms with van der Waals surface area (Å²) in [5.74, 6) is 0.206. The summed E-state index contributed by atoms with van der Waals surface area (Å²) in [5.41, 5.74) is 3.18. The maximum Gasteiger partial charge on any atom is 0.261 e. The molecular weight excluding hydrogens is 492 g/mol. The fourth-order valence-electron chi connectivity index (χ4n) is 3.70. The van der Waals surface area contributed by atoms with Crippen LogP contribution < -0.4 is 19.5 Å². The summed E-state index contributed by atoms with van der Waals surface area (Å²) in [6.07, 6.45) is 5.13. The third-order valence-electron chi connectivity index (χ3n) is 5.54. The van der Waals surface area contributed by atoms with Crippen LogP contribution in [0.4, 0.5) is 5.69 Å². The number of hydrogen-bond donors (Lipinski definition) is 2. The normalized spacial score (nSPS) is 11.5. The largest absolute Gasteiger partial charge is 0.593 e. The van der Waals surface area contributed by atoms with Crippen molar-refractivity contribution in [3.05, 3.63) is 77.7 Å². The summed E-state index contributed by atoms with van der Waals surface area (Å²) in [7, 11) is 4.85. The Labute approximate surface area is 217 Å². The number of rotatable bonds is 8. The van der Waals surface area contributed by atoms with Crippen molar-refractivity contribution < 1.29 is 18.8 Å². The van der Waals surface area contributed by atoms with E-state index in [1.165, 1.54) is 7.11 Å². The third-order valence-corrected chi connectivity index (χ3v) is 6.59. The minimum Gasteiger partial charge on any atom is -0.593 e. The summed E-state index contributed by atoms with van der Waals surface area (Å²) >= 11 is -1.41. The van der Waals surface area contributed by atoms with E-state index in [4.69, 9.17) is 9.47 Å². The molecule has 0 aliphatic rings. The van der Waals surface area contributed by atoms with Crippen LogP contribution in [0.5, 0.6) is 17.4 Å². The first-order valence-electron chi connectivity index (χ1n) is 11.1. The average molecular weight is 517 g/mol. The van der Waals surface area contributed by atoms with Gasteiger partial charge in [0, 0.05) is 55.4 Å². The number of aryl methyl sites for hydroxylation is 1. The van der Waals surface area contributed by atoms with E-state index in [9.17, 15) is 14.6 Å².